The van der Waals surface area contributed by atoms with Gasteiger partial charge in [0.05, 0.1) is 9.75 Å². The molecule has 0 radical (unpaired) electrons. The number of carbonyl (C=O) groups excluding carboxylic acids is 1. The Kier molecular flexibility index (Phi) is 3.57. The summed E-state index contributed by atoms with van der Waals surface area (Å²) in [6, 6.07) is 4.24. The lowest BCUT2D eigenvalue weighted by Crippen LogP contribution is -2.11. The lowest BCUT2D eigenvalue weighted by Gasteiger charge is -2.05. The van der Waals surface area contributed by atoms with Gasteiger partial charge in [0.2, 0.25) is 0 Å². The zero-order valence-corrected chi connectivity index (χ0v) is 9.95. The van der Waals surface area contributed by atoms with Crippen molar-refractivity contribution < 1.29 is 9.72 Å². The van der Waals surface area contributed by atoms with E-state index in [1.165, 1.54) is 18.2 Å². The summed E-state index contributed by atoms with van der Waals surface area (Å²) in [5.41, 5.74) is 1.15. The normalized spacial score (nSPS) is 12.2. The Bertz CT molecular complexity index is 415. The van der Waals surface area contributed by atoms with E-state index in [4.69, 9.17) is 0 Å². The van der Waals surface area contributed by atoms with Crippen LogP contribution >= 0.6 is 15.9 Å². The molecule has 0 saturated heterocycles. The van der Waals surface area contributed by atoms with Crippen molar-refractivity contribution in [3.63, 3.8) is 0 Å². The zero-order chi connectivity index (χ0) is 11.6. The molecule has 0 aliphatic rings. The molecule has 1 aromatic carbocycles. The minimum absolute atomic E-state index is 0.00581. The third-order valence-corrected chi connectivity index (χ3v) is 2.46. The molecule has 0 heterocycles. The van der Waals surface area contributed by atoms with Gasteiger partial charge in [0.15, 0.2) is 5.78 Å². The molecule has 1 rings (SSSR count). The van der Waals surface area contributed by atoms with Gasteiger partial charge in [-0.05, 0) is 25.5 Å². The van der Waals surface area contributed by atoms with Crippen molar-refractivity contribution in [2.75, 3.05) is 0 Å². The molecule has 0 amide bonds. The Balaban J connectivity index is 3.14. The van der Waals surface area contributed by atoms with Crippen molar-refractivity contribution in [1.29, 1.82) is 0 Å². The number of non-ortho nitro benzene ring substituents is 1. The number of benzene rings is 1. The number of alkyl halides is 1. The minimum atomic E-state index is -0.473. The van der Waals surface area contributed by atoms with Crippen LogP contribution in [0.4, 0.5) is 5.69 Å². The third-order valence-electron chi connectivity index (χ3n) is 2.05. The second-order valence-electron chi connectivity index (χ2n) is 3.24. The standard InChI is InChI=1S/C10H10BrNO3/c1-6-5-8(12(14)15)3-4-9(6)10(13)7(2)11/h3-5,7H,1-2H3. The number of ketones is 1. The average Bonchev–Trinajstić information content (AvgIpc) is 2.16. The average molecular weight is 272 g/mol. The Hall–Kier alpha value is -1.23. The molecule has 1 aromatic rings. The highest BCUT2D eigenvalue weighted by Gasteiger charge is 2.16. The highest BCUT2D eigenvalue weighted by molar-refractivity contribution is 9.10. The molecule has 80 valence electrons. The van der Waals surface area contributed by atoms with Crippen molar-refractivity contribution >= 4 is 27.4 Å². The summed E-state index contributed by atoms with van der Waals surface area (Å²) in [7, 11) is 0. The molecule has 0 aliphatic carbocycles. The molecule has 0 fully saturated rings. The fourth-order valence-corrected chi connectivity index (χ4v) is 1.50. The number of nitro benzene ring substituents is 1. The molecule has 0 saturated carbocycles. The maximum Gasteiger partial charge on any atom is 0.269 e. The lowest BCUT2D eigenvalue weighted by atomic mass is 10.0. The van der Waals surface area contributed by atoms with Gasteiger partial charge in [-0.25, -0.2) is 0 Å². The van der Waals surface area contributed by atoms with Gasteiger partial charge in [-0.1, -0.05) is 15.9 Å². The van der Waals surface area contributed by atoms with E-state index in [0.717, 1.165) is 0 Å². The molecule has 0 N–H and O–H groups in total. The van der Waals surface area contributed by atoms with Gasteiger partial charge in [-0.15, -0.1) is 0 Å². The number of nitrogens with zero attached hydrogens (tertiary/aromatic N) is 1. The van der Waals surface area contributed by atoms with Crippen LogP contribution < -0.4 is 0 Å². The number of rotatable bonds is 3. The van der Waals surface area contributed by atoms with Gasteiger partial charge in [0.25, 0.3) is 5.69 Å². The SMILES string of the molecule is Cc1cc([N+](=O)[O-])ccc1C(=O)C(C)Br. The van der Waals surface area contributed by atoms with Crippen LogP contribution in [0.1, 0.15) is 22.8 Å². The molecule has 0 aliphatic heterocycles. The van der Waals surface area contributed by atoms with Crippen LogP contribution in [-0.4, -0.2) is 15.5 Å². The Morgan fingerprint density at radius 1 is 1.53 bits per heavy atom. The molecule has 0 bridgehead atoms. The first-order valence-electron chi connectivity index (χ1n) is 4.37. The largest absolute Gasteiger partial charge is 0.293 e. The number of Topliss-reactive ketones (excluding diaryl/α,β-unsaturated/α-hetero) is 1. The van der Waals surface area contributed by atoms with E-state index in [1.807, 2.05) is 0 Å². The van der Waals surface area contributed by atoms with Gasteiger partial charge in [0, 0.05) is 17.7 Å². The van der Waals surface area contributed by atoms with Crippen LogP contribution in [0.15, 0.2) is 18.2 Å². The second kappa shape index (κ2) is 4.53. The van der Waals surface area contributed by atoms with Gasteiger partial charge < -0.3 is 0 Å². The van der Waals surface area contributed by atoms with E-state index in [1.54, 1.807) is 13.8 Å². The number of hydrogen-bond donors (Lipinski definition) is 0. The van der Waals surface area contributed by atoms with E-state index in [2.05, 4.69) is 15.9 Å². The second-order valence-corrected chi connectivity index (χ2v) is 4.61. The van der Waals surface area contributed by atoms with E-state index in [0.29, 0.717) is 11.1 Å². The number of carbonyl (C=O) groups is 1. The third kappa shape index (κ3) is 2.62. The summed E-state index contributed by atoms with van der Waals surface area (Å²) in [4.78, 5) is 21.4. The van der Waals surface area contributed by atoms with E-state index in [-0.39, 0.29) is 16.3 Å². The van der Waals surface area contributed by atoms with Crippen molar-refractivity contribution in [2.45, 2.75) is 18.7 Å². The van der Waals surface area contributed by atoms with E-state index >= 15 is 0 Å². The highest BCUT2D eigenvalue weighted by atomic mass is 79.9. The van der Waals surface area contributed by atoms with Crippen LogP contribution in [0.5, 0.6) is 0 Å². The molecule has 15 heavy (non-hydrogen) atoms. The molecule has 0 aromatic heterocycles. The summed E-state index contributed by atoms with van der Waals surface area (Å²) in [5.74, 6) is -0.0672. The molecular formula is C10H10BrNO3. The summed E-state index contributed by atoms with van der Waals surface area (Å²) in [6.07, 6.45) is 0. The number of aryl methyl sites for hydroxylation is 1. The zero-order valence-electron chi connectivity index (χ0n) is 8.36. The first kappa shape index (κ1) is 11.8. The summed E-state index contributed by atoms with van der Waals surface area (Å²) in [5, 5.41) is 10.5. The summed E-state index contributed by atoms with van der Waals surface area (Å²) >= 11 is 3.17. The molecule has 5 heteroatoms. The molecule has 4 nitrogen and oxygen atoms in total. The Morgan fingerprint density at radius 3 is 2.53 bits per heavy atom. The predicted molar refractivity (Wildman–Crippen MR) is 60.6 cm³/mol. The van der Waals surface area contributed by atoms with Crippen molar-refractivity contribution in [1.82, 2.24) is 0 Å². The Morgan fingerprint density at radius 2 is 2.13 bits per heavy atom. The number of halogens is 1. The van der Waals surface area contributed by atoms with Crippen LogP contribution in [0.2, 0.25) is 0 Å². The van der Waals surface area contributed by atoms with Gasteiger partial charge in [-0.3, -0.25) is 14.9 Å². The van der Waals surface area contributed by atoms with Crippen LogP contribution in [0.3, 0.4) is 0 Å². The fraction of sp³-hybridized carbons (Fsp3) is 0.300. The highest BCUT2D eigenvalue weighted by Crippen LogP contribution is 2.19. The van der Waals surface area contributed by atoms with Crippen LogP contribution in [0, 0.1) is 17.0 Å². The quantitative estimate of drug-likeness (QED) is 0.368. The fourth-order valence-electron chi connectivity index (χ4n) is 1.25. The molecule has 1 unspecified atom stereocenters. The smallest absolute Gasteiger partial charge is 0.269 e. The minimum Gasteiger partial charge on any atom is -0.293 e. The van der Waals surface area contributed by atoms with Gasteiger partial charge in [-0.2, -0.15) is 0 Å². The van der Waals surface area contributed by atoms with Crippen molar-refractivity contribution in [3.05, 3.63) is 39.4 Å². The van der Waals surface area contributed by atoms with E-state index in [9.17, 15) is 14.9 Å². The lowest BCUT2D eigenvalue weighted by molar-refractivity contribution is -0.384. The Labute approximate surface area is 95.6 Å². The maximum absolute atomic E-state index is 11.6. The first-order chi connectivity index (χ1) is 6.93. The van der Waals surface area contributed by atoms with Gasteiger partial charge in [0.1, 0.15) is 0 Å². The monoisotopic (exact) mass is 271 g/mol. The maximum atomic E-state index is 11.6. The first-order valence-corrected chi connectivity index (χ1v) is 5.28. The topological polar surface area (TPSA) is 60.2 Å². The number of hydrogen-bond acceptors (Lipinski definition) is 3. The van der Waals surface area contributed by atoms with Crippen LogP contribution in [-0.2, 0) is 0 Å². The molecule has 0 spiro atoms. The van der Waals surface area contributed by atoms with Crippen molar-refractivity contribution in [2.24, 2.45) is 0 Å². The van der Waals surface area contributed by atoms with E-state index < -0.39 is 4.92 Å². The van der Waals surface area contributed by atoms with Gasteiger partial charge >= 0.3 is 0 Å². The predicted octanol–water partition coefficient (Wildman–Crippen LogP) is 2.87. The van der Waals surface area contributed by atoms with Crippen molar-refractivity contribution in [3.8, 4) is 0 Å². The summed E-state index contributed by atoms with van der Waals surface area (Å²) in [6.45, 7) is 3.42. The number of nitro groups is 1. The molecule has 1 atom stereocenters. The summed E-state index contributed by atoms with van der Waals surface area (Å²) < 4.78 is 0. The van der Waals surface area contributed by atoms with Crippen LogP contribution in [0.25, 0.3) is 0 Å². The molecular weight excluding hydrogens is 262 g/mol.